The molecule has 1 aromatic heterocycles. The fraction of sp³-hybridized carbons (Fsp3) is 0.576. The molecule has 1 radical (unpaired) electrons. The third-order valence-electron chi connectivity index (χ3n) is 6.94. The van der Waals surface area contributed by atoms with E-state index in [1.807, 2.05) is 23.1 Å². The monoisotopic (exact) mass is 908 g/mol. The first-order valence-electron chi connectivity index (χ1n) is 15.9. The maximum atomic E-state index is 12.1. The van der Waals surface area contributed by atoms with Crippen LogP contribution in [0.4, 0.5) is 4.79 Å². The van der Waals surface area contributed by atoms with Crippen molar-refractivity contribution in [2.75, 3.05) is 19.6 Å². The number of amides is 3. The number of unbranched alkanes of at least 4 members (excludes halogenated alkanes) is 7. The molecule has 0 unspecified atom stereocenters. The molecule has 3 amide bonds. The standard InChI is InChI=1S/C30H47N5O10.3CO.Re/c36-25(14-6-4-2-1-3-5-11-19-35(21-27(39)40)20-22-12-7-9-17-31-22)32-18-10-8-13-23(28(41)42)33-30(45)34-24(29(43)44)15-16-26(37)38;3*1-2;/h7,9,12,17,23-24H,1-6,8,10-11,13-16,18-21H2,(H,32,36)(H,37,38)(H,39,40)(H,41,42)(H,43,44)(H2,33,34,45);;;;/t23-,24-;;;;/m0..../s1. The first-order chi connectivity index (χ1) is 24.5. The van der Waals surface area contributed by atoms with Gasteiger partial charge < -0.3 is 36.4 Å². The topological polar surface area (TPSA) is 295 Å². The Labute approximate surface area is 316 Å². The normalized spacial score (nSPS) is 10.7. The molecular formula is C33H47N5O13Re. The molecule has 52 heavy (non-hydrogen) atoms. The molecule has 7 N–H and O–H groups in total. The van der Waals surface area contributed by atoms with E-state index in [1.54, 1.807) is 6.20 Å². The number of hydrogen-bond acceptors (Lipinski definition) is 8. The Morgan fingerprint density at radius 2 is 1.23 bits per heavy atom. The van der Waals surface area contributed by atoms with Crippen LogP contribution in [0.15, 0.2) is 24.4 Å². The Kier molecular flexibility index (Phi) is 39.6. The summed E-state index contributed by atoms with van der Waals surface area (Å²) in [6, 6.07) is 1.83. The maximum absolute atomic E-state index is 12.1. The first kappa shape index (κ1) is 54.4. The Bertz CT molecular complexity index is 1200. The number of urea groups is 1. The van der Waals surface area contributed by atoms with Gasteiger partial charge in [-0.25, -0.2) is 14.4 Å². The number of hydrogen-bond donors (Lipinski definition) is 7. The number of carboxylic acids is 4. The summed E-state index contributed by atoms with van der Waals surface area (Å²) in [4.78, 5) is 74.8. The number of aliphatic carboxylic acids is 4. The van der Waals surface area contributed by atoms with Gasteiger partial charge in [0.05, 0.1) is 12.2 Å². The van der Waals surface area contributed by atoms with Gasteiger partial charge in [-0.2, -0.15) is 0 Å². The van der Waals surface area contributed by atoms with E-state index >= 15 is 0 Å². The van der Waals surface area contributed by atoms with Crippen LogP contribution < -0.4 is 16.0 Å². The molecule has 0 aliphatic heterocycles. The average molecular weight is 908 g/mol. The fourth-order valence-electron chi connectivity index (χ4n) is 4.56. The predicted molar refractivity (Wildman–Crippen MR) is 174 cm³/mol. The number of rotatable bonds is 26. The summed E-state index contributed by atoms with van der Waals surface area (Å²) in [5, 5.41) is 43.4. The minimum Gasteiger partial charge on any atom is 0 e. The third kappa shape index (κ3) is 32.8. The van der Waals surface area contributed by atoms with Crippen LogP contribution in [-0.2, 0) is 64.9 Å². The second-order valence-corrected chi connectivity index (χ2v) is 10.8. The second kappa shape index (κ2) is 37.9. The molecule has 1 heterocycles. The molecule has 2 atom stereocenters. The van der Waals surface area contributed by atoms with Gasteiger partial charge in [-0.1, -0.05) is 38.2 Å². The van der Waals surface area contributed by atoms with E-state index in [1.165, 1.54) is 0 Å². The van der Waals surface area contributed by atoms with Crippen LogP contribution in [0, 0.1) is 20.0 Å². The summed E-state index contributed by atoms with van der Waals surface area (Å²) < 4.78 is 22.5. The van der Waals surface area contributed by atoms with E-state index < -0.39 is 48.4 Å². The molecule has 0 aromatic carbocycles. The molecule has 0 saturated heterocycles. The Morgan fingerprint density at radius 1 is 0.692 bits per heavy atom. The first-order valence-corrected chi connectivity index (χ1v) is 15.9. The van der Waals surface area contributed by atoms with E-state index in [9.17, 15) is 33.9 Å². The SMILES string of the molecule is O=C(O)CC[C@H](NC(=O)N[C@@H](CCCCNC(=O)CCCCCCCCCN(CC(=O)O)Cc1ccccn1)C(=O)O)C(=O)O.[C-]#[O+].[C-]#[O+].[C-]#[O+].[Re]. The second-order valence-electron chi connectivity index (χ2n) is 10.8. The van der Waals surface area contributed by atoms with Gasteiger partial charge in [0, 0.05) is 52.6 Å². The number of nitrogens with one attached hydrogen (secondary N) is 3. The van der Waals surface area contributed by atoms with E-state index in [0.717, 1.165) is 50.6 Å². The van der Waals surface area contributed by atoms with Crippen LogP contribution in [0.25, 0.3) is 0 Å². The van der Waals surface area contributed by atoms with Crippen LogP contribution in [0.1, 0.15) is 89.2 Å². The van der Waals surface area contributed by atoms with Crippen molar-refractivity contribution in [2.45, 2.75) is 102 Å². The molecule has 289 valence electrons. The van der Waals surface area contributed by atoms with Gasteiger partial charge in [0.1, 0.15) is 12.1 Å². The van der Waals surface area contributed by atoms with Gasteiger partial charge in [-0.05, 0) is 57.2 Å². The predicted octanol–water partition coefficient (Wildman–Crippen LogP) is 2.33. The number of carbonyl (C=O) groups excluding carboxylic acids is 2. The van der Waals surface area contributed by atoms with E-state index in [-0.39, 0.29) is 45.7 Å². The van der Waals surface area contributed by atoms with E-state index in [4.69, 9.17) is 29.3 Å². The molecule has 0 saturated carbocycles. The van der Waals surface area contributed by atoms with Crippen LogP contribution >= 0.6 is 0 Å². The van der Waals surface area contributed by atoms with Crippen molar-refractivity contribution in [3.63, 3.8) is 0 Å². The molecule has 19 heteroatoms. The molecule has 1 rings (SSSR count). The summed E-state index contributed by atoms with van der Waals surface area (Å²) in [6.07, 6.45) is 8.86. The molecule has 0 aliphatic carbocycles. The van der Waals surface area contributed by atoms with Crippen molar-refractivity contribution < 1.29 is 83.6 Å². The van der Waals surface area contributed by atoms with Crippen LogP contribution in [0.3, 0.4) is 0 Å². The molecule has 0 aliphatic rings. The van der Waals surface area contributed by atoms with Crippen molar-refractivity contribution in [3.8, 4) is 0 Å². The quantitative estimate of drug-likeness (QED) is 0.0401. The van der Waals surface area contributed by atoms with Gasteiger partial charge in [0.15, 0.2) is 0 Å². The Balaban J connectivity index is -0.00000156. The summed E-state index contributed by atoms with van der Waals surface area (Å²) in [5.74, 6) is -4.90. The number of carbonyl (C=O) groups is 6. The molecule has 0 bridgehead atoms. The van der Waals surface area contributed by atoms with E-state index in [0.29, 0.717) is 38.9 Å². The fourth-order valence-corrected chi connectivity index (χ4v) is 4.56. The molecule has 1 aromatic rings. The van der Waals surface area contributed by atoms with Crippen LogP contribution in [0.5, 0.6) is 0 Å². The van der Waals surface area contributed by atoms with Gasteiger partial charge in [-0.3, -0.25) is 24.3 Å². The van der Waals surface area contributed by atoms with Crippen LogP contribution in [-0.4, -0.2) is 97.8 Å². The van der Waals surface area contributed by atoms with Crippen molar-refractivity contribution in [3.05, 3.63) is 50.0 Å². The molecule has 18 nitrogen and oxygen atoms in total. The minimum atomic E-state index is -1.47. The average Bonchev–Trinajstić information content (AvgIpc) is 3.11. The van der Waals surface area contributed by atoms with Gasteiger partial charge in [0.25, 0.3) is 0 Å². The largest absolute Gasteiger partial charge is 0 e. The van der Waals surface area contributed by atoms with E-state index in [2.05, 4.69) is 40.9 Å². The maximum Gasteiger partial charge on any atom is 0 e. The zero-order valence-corrected chi connectivity index (χ0v) is 31.4. The van der Waals surface area contributed by atoms with Gasteiger partial charge in [0.2, 0.25) is 5.91 Å². The number of aromatic nitrogens is 1. The summed E-state index contributed by atoms with van der Waals surface area (Å²) in [7, 11) is 0. The molecule has 0 spiro atoms. The van der Waals surface area contributed by atoms with Gasteiger partial charge in [-0.15, -0.1) is 0 Å². The van der Waals surface area contributed by atoms with Crippen molar-refractivity contribution in [2.24, 2.45) is 0 Å². The summed E-state index contributed by atoms with van der Waals surface area (Å²) in [6.45, 7) is 15.0. The Morgan fingerprint density at radius 3 is 1.73 bits per heavy atom. The third-order valence-corrected chi connectivity index (χ3v) is 6.94. The zero-order chi connectivity index (χ0) is 39.5. The van der Waals surface area contributed by atoms with Crippen molar-refractivity contribution in [1.29, 1.82) is 0 Å². The van der Waals surface area contributed by atoms with Crippen LogP contribution in [0.2, 0.25) is 0 Å². The van der Waals surface area contributed by atoms with Crippen molar-refractivity contribution in [1.82, 2.24) is 25.8 Å². The summed E-state index contributed by atoms with van der Waals surface area (Å²) >= 11 is 0. The number of pyridine rings is 1. The Hall–Kier alpha value is -4.39. The molecule has 0 fully saturated rings. The zero-order valence-electron chi connectivity index (χ0n) is 28.7. The summed E-state index contributed by atoms with van der Waals surface area (Å²) in [5.41, 5.74) is 0.843. The minimum absolute atomic E-state index is 0. The van der Waals surface area contributed by atoms with Gasteiger partial charge >= 0.3 is 63.8 Å². The number of carboxylic acid groups (broad SMARTS) is 4. The molecular weight excluding hydrogens is 861 g/mol. The number of nitrogens with zero attached hydrogens (tertiary/aromatic N) is 2. The smallest absolute Gasteiger partial charge is 0 e. The van der Waals surface area contributed by atoms with Crippen molar-refractivity contribution >= 4 is 35.8 Å².